The van der Waals surface area contributed by atoms with Crippen LogP contribution in [0.3, 0.4) is 0 Å². The summed E-state index contributed by atoms with van der Waals surface area (Å²) in [5.41, 5.74) is 4.84. The molecular weight excluding hydrogens is 340 g/mol. The number of benzene rings is 2. The molecule has 0 amide bonds. The van der Waals surface area contributed by atoms with E-state index in [0.717, 1.165) is 27.7 Å². The van der Waals surface area contributed by atoms with Gasteiger partial charge in [0.25, 0.3) is 0 Å². The molecule has 136 valence electrons. The zero-order valence-electron chi connectivity index (χ0n) is 16.1. The van der Waals surface area contributed by atoms with Crippen LogP contribution in [0.15, 0.2) is 48.5 Å². The molecule has 0 fully saturated rings. The summed E-state index contributed by atoms with van der Waals surface area (Å²) >= 11 is 1.69. The van der Waals surface area contributed by atoms with Gasteiger partial charge in [-0.2, -0.15) is 0 Å². The van der Waals surface area contributed by atoms with Crippen molar-refractivity contribution < 1.29 is 4.74 Å². The number of hydrogen-bond acceptors (Lipinski definition) is 4. The molecule has 3 nitrogen and oxygen atoms in total. The maximum Gasteiger partial charge on any atom is 0.183 e. The summed E-state index contributed by atoms with van der Waals surface area (Å²) in [6.07, 6.45) is 0. The van der Waals surface area contributed by atoms with Gasteiger partial charge < -0.3 is 10.1 Å². The number of rotatable bonds is 5. The van der Waals surface area contributed by atoms with E-state index < -0.39 is 0 Å². The average molecular weight is 367 g/mol. The molecule has 0 atom stereocenters. The minimum atomic E-state index is 0.164. The SMILES string of the molecule is COc1ccccc1CNc1nc(-c2ccc(C(C)(C)C)cc2)c(C)s1. The predicted molar refractivity (Wildman–Crippen MR) is 111 cm³/mol. The fourth-order valence-corrected chi connectivity index (χ4v) is 3.72. The van der Waals surface area contributed by atoms with E-state index in [9.17, 15) is 0 Å². The van der Waals surface area contributed by atoms with E-state index in [0.29, 0.717) is 6.54 Å². The minimum absolute atomic E-state index is 0.164. The number of hydrogen-bond donors (Lipinski definition) is 1. The molecule has 3 aromatic rings. The fourth-order valence-electron chi connectivity index (χ4n) is 2.89. The zero-order valence-corrected chi connectivity index (χ0v) is 16.9. The Kier molecular flexibility index (Phi) is 5.33. The molecule has 2 aromatic carbocycles. The van der Waals surface area contributed by atoms with E-state index in [1.807, 2.05) is 18.2 Å². The van der Waals surface area contributed by atoms with Gasteiger partial charge in [-0.3, -0.25) is 0 Å². The van der Waals surface area contributed by atoms with E-state index in [2.05, 4.69) is 63.3 Å². The smallest absolute Gasteiger partial charge is 0.183 e. The molecule has 0 radical (unpaired) electrons. The van der Waals surface area contributed by atoms with Crippen molar-refractivity contribution in [3.63, 3.8) is 0 Å². The molecule has 0 saturated heterocycles. The first-order chi connectivity index (χ1) is 12.4. The molecule has 0 bridgehead atoms. The lowest BCUT2D eigenvalue weighted by molar-refractivity contribution is 0.410. The van der Waals surface area contributed by atoms with Crippen LogP contribution in [-0.4, -0.2) is 12.1 Å². The van der Waals surface area contributed by atoms with Gasteiger partial charge in [-0.05, 0) is 24.0 Å². The first-order valence-electron chi connectivity index (χ1n) is 8.82. The molecule has 3 rings (SSSR count). The van der Waals surface area contributed by atoms with Crippen molar-refractivity contribution >= 4 is 16.5 Å². The third-order valence-electron chi connectivity index (χ3n) is 4.44. The lowest BCUT2D eigenvalue weighted by Crippen LogP contribution is -2.10. The maximum atomic E-state index is 5.41. The van der Waals surface area contributed by atoms with E-state index in [4.69, 9.17) is 9.72 Å². The Morgan fingerprint density at radius 2 is 1.73 bits per heavy atom. The summed E-state index contributed by atoms with van der Waals surface area (Å²) in [5.74, 6) is 0.895. The molecule has 0 aliphatic rings. The number of aryl methyl sites for hydroxylation is 1. The zero-order chi connectivity index (χ0) is 18.7. The summed E-state index contributed by atoms with van der Waals surface area (Å²) in [6, 6.07) is 16.8. The van der Waals surface area contributed by atoms with Crippen LogP contribution in [0.25, 0.3) is 11.3 Å². The first kappa shape index (κ1) is 18.5. The van der Waals surface area contributed by atoms with E-state index in [1.54, 1.807) is 18.4 Å². The monoisotopic (exact) mass is 366 g/mol. The van der Waals surface area contributed by atoms with Crippen LogP contribution >= 0.6 is 11.3 Å². The van der Waals surface area contributed by atoms with Gasteiger partial charge in [-0.25, -0.2) is 4.98 Å². The Hall–Kier alpha value is -2.33. The molecule has 0 aliphatic carbocycles. The largest absolute Gasteiger partial charge is 0.496 e. The number of nitrogens with one attached hydrogen (secondary N) is 1. The van der Waals surface area contributed by atoms with Gasteiger partial charge in [0.15, 0.2) is 5.13 Å². The maximum absolute atomic E-state index is 5.41. The van der Waals surface area contributed by atoms with E-state index in [1.165, 1.54) is 10.4 Å². The van der Waals surface area contributed by atoms with Gasteiger partial charge in [0.2, 0.25) is 0 Å². The molecule has 26 heavy (non-hydrogen) atoms. The number of anilines is 1. The van der Waals surface area contributed by atoms with Crippen LogP contribution in [0.4, 0.5) is 5.13 Å². The van der Waals surface area contributed by atoms with Crippen molar-refractivity contribution in [1.82, 2.24) is 4.98 Å². The quantitative estimate of drug-likeness (QED) is 0.598. The molecule has 1 aromatic heterocycles. The van der Waals surface area contributed by atoms with Gasteiger partial charge in [0.1, 0.15) is 5.75 Å². The Labute approximate surface area is 160 Å². The molecule has 1 heterocycles. The minimum Gasteiger partial charge on any atom is -0.496 e. The average Bonchev–Trinajstić information content (AvgIpc) is 3.00. The molecule has 0 spiro atoms. The summed E-state index contributed by atoms with van der Waals surface area (Å²) in [5, 5.41) is 4.36. The Morgan fingerprint density at radius 1 is 1.04 bits per heavy atom. The van der Waals surface area contributed by atoms with Crippen molar-refractivity contribution in [2.75, 3.05) is 12.4 Å². The third-order valence-corrected chi connectivity index (χ3v) is 5.37. The van der Waals surface area contributed by atoms with Crippen LogP contribution in [0.2, 0.25) is 0 Å². The molecule has 0 aliphatic heterocycles. The van der Waals surface area contributed by atoms with Gasteiger partial charge in [-0.1, -0.05) is 63.2 Å². The number of thiazole rings is 1. The number of nitrogens with zero attached hydrogens (tertiary/aromatic N) is 1. The second-order valence-corrected chi connectivity index (χ2v) is 8.62. The van der Waals surface area contributed by atoms with Crippen molar-refractivity contribution in [2.45, 2.75) is 39.7 Å². The summed E-state index contributed by atoms with van der Waals surface area (Å²) in [7, 11) is 1.70. The second-order valence-electron chi connectivity index (χ2n) is 7.42. The van der Waals surface area contributed by atoms with Crippen molar-refractivity contribution in [3.05, 3.63) is 64.5 Å². The third kappa shape index (κ3) is 4.07. The second kappa shape index (κ2) is 7.50. The first-order valence-corrected chi connectivity index (χ1v) is 9.64. The Morgan fingerprint density at radius 3 is 2.38 bits per heavy atom. The standard InChI is InChI=1S/C22H26N2OS/c1-15-20(16-10-12-18(13-11-16)22(2,3)4)24-21(26-15)23-14-17-8-6-7-9-19(17)25-5/h6-13H,14H2,1-5H3,(H,23,24). The number of para-hydroxylation sites is 1. The molecule has 4 heteroatoms. The van der Waals surface area contributed by atoms with Gasteiger partial charge in [0, 0.05) is 22.5 Å². The summed E-state index contributed by atoms with van der Waals surface area (Å²) in [6.45, 7) is 9.51. The van der Waals surface area contributed by atoms with E-state index >= 15 is 0 Å². The summed E-state index contributed by atoms with van der Waals surface area (Å²) in [4.78, 5) is 6.03. The topological polar surface area (TPSA) is 34.1 Å². The van der Waals surface area contributed by atoms with Crippen molar-refractivity contribution in [2.24, 2.45) is 0 Å². The number of aromatic nitrogens is 1. The van der Waals surface area contributed by atoms with Crippen molar-refractivity contribution in [3.8, 4) is 17.0 Å². The Balaban J connectivity index is 1.77. The molecule has 0 unspecified atom stereocenters. The lowest BCUT2D eigenvalue weighted by Gasteiger charge is -2.19. The highest BCUT2D eigenvalue weighted by Gasteiger charge is 2.15. The van der Waals surface area contributed by atoms with Crippen LogP contribution in [0.5, 0.6) is 5.75 Å². The normalized spacial score (nSPS) is 11.4. The Bertz CT molecular complexity index is 876. The van der Waals surface area contributed by atoms with Crippen LogP contribution in [0.1, 0.15) is 36.8 Å². The van der Waals surface area contributed by atoms with Crippen molar-refractivity contribution in [1.29, 1.82) is 0 Å². The molecule has 1 N–H and O–H groups in total. The van der Waals surface area contributed by atoms with Crippen LogP contribution < -0.4 is 10.1 Å². The highest BCUT2D eigenvalue weighted by Crippen LogP contribution is 2.32. The van der Waals surface area contributed by atoms with E-state index in [-0.39, 0.29) is 5.41 Å². The lowest BCUT2D eigenvalue weighted by atomic mass is 9.86. The van der Waals surface area contributed by atoms with Gasteiger partial charge >= 0.3 is 0 Å². The van der Waals surface area contributed by atoms with Gasteiger partial charge in [0.05, 0.1) is 12.8 Å². The highest BCUT2D eigenvalue weighted by molar-refractivity contribution is 7.16. The number of ether oxygens (including phenoxy) is 1. The van der Waals surface area contributed by atoms with Gasteiger partial charge in [-0.15, -0.1) is 11.3 Å². The number of methoxy groups -OCH3 is 1. The van der Waals surface area contributed by atoms with Crippen LogP contribution in [0, 0.1) is 6.92 Å². The fraction of sp³-hybridized carbons (Fsp3) is 0.318. The van der Waals surface area contributed by atoms with Crippen LogP contribution in [-0.2, 0) is 12.0 Å². The molecular formula is C22H26N2OS. The highest BCUT2D eigenvalue weighted by atomic mass is 32.1. The molecule has 0 saturated carbocycles. The summed E-state index contributed by atoms with van der Waals surface area (Å²) < 4.78 is 5.41. The predicted octanol–water partition coefficient (Wildman–Crippen LogP) is 6.04.